The van der Waals surface area contributed by atoms with Crippen LogP contribution in [0.25, 0.3) is 11.1 Å². The summed E-state index contributed by atoms with van der Waals surface area (Å²) in [7, 11) is -0.213. The lowest BCUT2D eigenvalue weighted by Crippen LogP contribution is -2.38. The zero-order valence-corrected chi connectivity index (χ0v) is 16.5. The van der Waals surface area contributed by atoms with Crippen LogP contribution in [0.2, 0.25) is 0 Å². The maximum Gasteiger partial charge on any atom is 0.240 e. The van der Waals surface area contributed by atoms with Crippen molar-refractivity contribution >= 4 is 10.0 Å². The predicted octanol–water partition coefficient (Wildman–Crippen LogP) is 1.10. The van der Waals surface area contributed by atoms with Crippen LogP contribution in [0.4, 0.5) is 0 Å². The number of hydrogen-bond donors (Lipinski definition) is 1. The number of nitrogens with one attached hydrogen (secondary N) is 1. The van der Waals surface area contributed by atoms with Gasteiger partial charge in [-0.2, -0.15) is 5.10 Å². The second kappa shape index (κ2) is 8.83. The highest BCUT2D eigenvalue weighted by atomic mass is 32.2. The Morgan fingerprint density at radius 2 is 2.07 bits per heavy atom. The fourth-order valence-electron chi connectivity index (χ4n) is 3.06. The van der Waals surface area contributed by atoms with Crippen LogP contribution in [0.3, 0.4) is 0 Å². The highest BCUT2D eigenvalue weighted by molar-refractivity contribution is 7.89. The molecule has 27 heavy (non-hydrogen) atoms. The zero-order chi connectivity index (χ0) is 19.3. The number of hydrogen-bond acceptors (Lipinski definition) is 6. The van der Waals surface area contributed by atoms with Gasteiger partial charge in [0.25, 0.3) is 0 Å². The molecular formula is C18H26N4O4S. The summed E-state index contributed by atoms with van der Waals surface area (Å²) in [6, 6.07) is 4.85. The summed E-state index contributed by atoms with van der Waals surface area (Å²) in [5, 5.41) is 4.15. The number of sulfonamides is 1. The monoisotopic (exact) mass is 394 g/mol. The van der Waals surface area contributed by atoms with Gasteiger partial charge >= 0.3 is 0 Å². The molecule has 8 nitrogen and oxygen atoms in total. The van der Waals surface area contributed by atoms with E-state index in [0.717, 1.165) is 44.8 Å². The van der Waals surface area contributed by atoms with Crippen molar-refractivity contribution in [3.8, 4) is 16.9 Å². The maximum atomic E-state index is 12.7. The Bertz CT molecular complexity index is 860. The number of benzene rings is 1. The van der Waals surface area contributed by atoms with E-state index in [0.29, 0.717) is 17.9 Å². The van der Waals surface area contributed by atoms with Gasteiger partial charge in [-0.1, -0.05) is 0 Å². The van der Waals surface area contributed by atoms with E-state index >= 15 is 0 Å². The minimum atomic E-state index is -3.59. The first-order chi connectivity index (χ1) is 13.0. The van der Waals surface area contributed by atoms with Gasteiger partial charge < -0.3 is 9.47 Å². The van der Waals surface area contributed by atoms with Crippen LogP contribution in [-0.4, -0.2) is 69.6 Å². The van der Waals surface area contributed by atoms with Crippen molar-refractivity contribution < 1.29 is 17.9 Å². The third-order valence-corrected chi connectivity index (χ3v) is 6.00. The molecule has 1 aromatic heterocycles. The van der Waals surface area contributed by atoms with Gasteiger partial charge in [0.2, 0.25) is 10.0 Å². The van der Waals surface area contributed by atoms with E-state index in [2.05, 4.69) is 14.7 Å². The summed E-state index contributed by atoms with van der Waals surface area (Å²) in [6.07, 6.45) is 4.26. The lowest BCUT2D eigenvalue weighted by atomic mass is 10.1. The van der Waals surface area contributed by atoms with E-state index in [-0.39, 0.29) is 4.90 Å². The van der Waals surface area contributed by atoms with Crippen molar-refractivity contribution in [3.63, 3.8) is 0 Å². The number of rotatable bonds is 8. The molecule has 1 N–H and O–H groups in total. The highest BCUT2D eigenvalue weighted by Crippen LogP contribution is 2.31. The van der Waals surface area contributed by atoms with Crippen LogP contribution in [0.1, 0.15) is 6.42 Å². The predicted molar refractivity (Wildman–Crippen MR) is 102 cm³/mol. The van der Waals surface area contributed by atoms with E-state index in [9.17, 15) is 8.42 Å². The fourth-order valence-corrected chi connectivity index (χ4v) is 4.16. The van der Waals surface area contributed by atoms with E-state index in [1.54, 1.807) is 36.2 Å². The minimum Gasteiger partial charge on any atom is -0.496 e. The van der Waals surface area contributed by atoms with Crippen LogP contribution >= 0.6 is 0 Å². The van der Waals surface area contributed by atoms with Gasteiger partial charge in [-0.3, -0.25) is 9.58 Å². The third kappa shape index (κ3) is 5.07. The molecule has 1 aromatic carbocycles. The number of ether oxygens (including phenoxy) is 2. The molecule has 0 amide bonds. The number of morpholine rings is 1. The molecule has 9 heteroatoms. The smallest absolute Gasteiger partial charge is 0.240 e. The van der Waals surface area contributed by atoms with Crippen LogP contribution < -0.4 is 9.46 Å². The molecule has 148 valence electrons. The zero-order valence-electron chi connectivity index (χ0n) is 15.7. The Balaban J connectivity index is 1.66. The topological polar surface area (TPSA) is 85.7 Å². The molecule has 0 atom stereocenters. The molecule has 0 bridgehead atoms. The van der Waals surface area contributed by atoms with Gasteiger partial charge in [0.15, 0.2) is 0 Å². The van der Waals surface area contributed by atoms with Crippen molar-refractivity contribution in [1.29, 1.82) is 0 Å². The van der Waals surface area contributed by atoms with Crippen LogP contribution in [-0.2, 0) is 21.8 Å². The van der Waals surface area contributed by atoms with E-state index in [1.165, 1.54) is 0 Å². The van der Waals surface area contributed by atoms with Gasteiger partial charge in [0.05, 0.1) is 31.4 Å². The molecule has 1 saturated heterocycles. The Morgan fingerprint density at radius 1 is 1.30 bits per heavy atom. The maximum absolute atomic E-state index is 12.7. The Kier molecular flexibility index (Phi) is 6.48. The molecule has 0 aliphatic carbocycles. The van der Waals surface area contributed by atoms with Gasteiger partial charge in [0, 0.05) is 44.0 Å². The molecular weight excluding hydrogens is 368 g/mol. The lowest BCUT2D eigenvalue weighted by molar-refractivity contribution is 0.0376. The number of methoxy groups -OCH3 is 1. The van der Waals surface area contributed by atoms with E-state index in [1.807, 2.05) is 13.2 Å². The summed E-state index contributed by atoms with van der Waals surface area (Å²) in [5.41, 5.74) is 1.50. The molecule has 0 radical (unpaired) electrons. The third-order valence-electron chi connectivity index (χ3n) is 4.54. The largest absolute Gasteiger partial charge is 0.496 e. The summed E-state index contributed by atoms with van der Waals surface area (Å²) in [5.74, 6) is 0.606. The molecule has 3 rings (SSSR count). The average molecular weight is 394 g/mol. The molecule has 2 heterocycles. The average Bonchev–Trinajstić information content (AvgIpc) is 3.12. The summed E-state index contributed by atoms with van der Waals surface area (Å²) >= 11 is 0. The Hall–Kier alpha value is -1.94. The van der Waals surface area contributed by atoms with E-state index < -0.39 is 10.0 Å². The number of aryl methyl sites for hydroxylation is 1. The van der Waals surface area contributed by atoms with Gasteiger partial charge in [-0.05, 0) is 31.2 Å². The number of aromatic nitrogens is 2. The first kappa shape index (κ1) is 19.8. The second-order valence-corrected chi connectivity index (χ2v) is 8.24. The van der Waals surface area contributed by atoms with Gasteiger partial charge in [-0.15, -0.1) is 0 Å². The molecule has 1 aliphatic heterocycles. The van der Waals surface area contributed by atoms with Gasteiger partial charge in [-0.25, -0.2) is 13.1 Å². The first-order valence-electron chi connectivity index (χ1n) is 8.96. The van der Waals surface area contributed by atoms with E-state index in [4.69, 9.17) is 9.47 Å². The van der Waals surface area contributed by atoms with Crippen molar-refractivity contribution in [1.82, 2.24) is 19.4 Å². The van der Waals surface area contributed by atoms with Crippen molar-refractivity contribution in [2.45, 2.75) is 11.3 Å². The number of nitrogens with zero attached hydrogens (tertiary/aromatic N) is 3. The standard InChI is InChI=1S/C18H26N4O4S/c1-21-14-15(13-19-21)17-12-16(4-5-18(17)25-2)27(23,24)20-6-3-7-22-8-10-26-11-9-22/h4-5,12-14,20H,3,6-11H2,1-2H3. The minimum absolute atomic E-state index is 0.216. The normalized spacial score (nSPS) is 15.8. The highest BCUT2D eigenvalue weighted by Gasteiger charge is 2.18. The Morgan fingerprint density at radius 3 is 2.74 bits per heavy atom. The van der Waals surface area contributed by atoms with Crippen LogP contribution in [0.15, 0.2) is 35.5 Å². The van der Waals surface area contributed by atoms with Crippen LogP contribution in [0.5, 0.6) is 5.75 Å². The Labute approximate surface area is 160 Å². The van der Waals surface area contributed by atoms with Gasteiger partial charge in [0.1, 0.15) is 5.75 Å². The summed E-state index contributed by atoms with van der Waals surface area (Å²) < 4.78 is 40.4. The molecule has 0 unspecified atom stereocenters. The molecule has 1 fully saturated rings. The van der Waals surface area contributed by atoms with Crippen LogP contribution in [0, 0.1) is 0 Å². The summed E-state index contributed by atoms with van der Waals surface area (Å²) in [6.45, 7) is 4.55. The first-order valence-corrected chi connectivity index (χ1v) is 10.4. The molecule has 0 saturated carbocycles. The summed E-state index contributed by atoms with van der Waals surface area (Å²) in [4.78, 5) is 2.50. The van der Waals surface area contributed by atoms with Crippen molar-refractivity contribution in [3.05, 3.63) is 30.6 Å². The van der Waals surface area contributed by atoms with Crippen molar-refractivity contribution in [2.24, 2.45) is 7.05 Å². The quantitative estimate of drug-likeness (QED) is 0.675. The second-order valence-electron chi connectivity index (χ2n) is 6.47. The molecule has 2 aromatic rings. The van der Waals surface area contributed by atoms with Crippen molar-refractivity contribution in [2.75, 3.05) is 46.5 Å². The fraction of sp³-hybridized carbons (Fsp3) is 0.500. The lowest BCUT2D eigenvalue weighted by Gasteiger charge is -2.26. The molecule has 1 aliphatic rings. The molecule has 0 spiro atoms. The SMILES string of the molecule is COc1ccc(S(=O)(=O)NCCCN2CCOCC2)cc1-c1cnn(C)c1.